The fourth-order valence-electron chi connectivity index (χ4n) is 0.495. The lowest BCUT2D eigenvalue weighted by molar-refractivity contribution is -0.117. The van der Waals surface area contributed by atoms with Crippen LogP contribution in [0, 0.1) is 0 Å². The molecule has 5 heteroatoms. The SMILES string of the molecule is C=CCCCC(C)=O.O=[P+](O)O. The molecule has 0 heterocycles. The molecule has 0 aliphatic carbocycles. The first-order valence-corrected chi connectivity index (χ1v) is 4.62. The minimum atomic E-state index is -2.87. The third-order valence-corrected chi connectivity index (χ3v) is 0.937. The monoisotopic (exact) mass is 193 g/mol. The predicted molar refractivity (Wildman–Crippen MR) is 46.8 cm³/mol. The van der Waals surface area contributed by atoms with E-state index in [1.807, 2.05) is 6.08 Å². The van der Waals surface area contributed by atoms with E-state index in [1.165, 1.54) is 0 Å². The van der Waals surface area contributed by atoms with Crippen molar-refractivity contribution in [2.24, 2.45) is 0 Å². The summed E-state index contributed by atoms with van der Waals surface area (Å²) in [5.41, 5.74) is 0. The second-order valence-electron chi connectivity index (χ2n) is 2.14. The van der Waals surface area contributed by atoms with Crippen molar-refractivity contribution in [2.75, 3.05) is 0 Å². The van der Waals surface area contributed by atoms with Crippen LogP contribution in [0.3, 0.4) is 0 Å². The van der Waals surface area contributed by atoms with E-state index < -0.39 is 8.25 Å². The molecule has 0 bridgehead atoms. The van der Waals surface area contributed by atoms with Gasteiger partial charge in [-0.25, -0.2) is 0 Å². The maximum Gasteiger partial charge on any atom is 0.692 e. The normalized spacial score (nSPS) is 7.92. The topological polar surface area (TPSA) is 74.6 Å². The molecule has 4 nitrogen and oxygen atoms in total. The molecule has 0 radical (unpaired) electrons. The molecule has 0 atom stereocenters. The average Bonchev–Trinajstić information content (AvgIpc) is 1.86. The van der Waals surface area contributed by atoms with Gasteiger partial charge < -0.3 is 4.79 Å². The number of hydrogen-bond acceptors (Lipinski definition) is 2. The van der Waals surface area contributed by atoms with Gasteiger partial charge >= 0.3 is 8.25 Å². The van der Waals surface area contributed by atoms with E-state index in [0.717, 1.165) is 12.8 Å². The van der Waals surface area contributed by atoms with Gasteiger partial charge in [-0.3, -0.25) is 0 Å². The van der Waals surface area contributed by atoms with Crippen LogP contribution in [0.1, 0.15) is 26.2 Å². The van der Waals surface area contributed by atoms with Crippen LogP contribution in [0.15, 0.2) is 12.7 Å². The summed E-state index contributed by atoms with van der Waals surface area (Å²) in [4.78, 5) is 24.5. The molecule has 0 amide bonds. The van der Waals surface area contributed by atoms with E-state index in [0.29, 0.717) is 6.42 Å². The van der Waals surface area contributed by atoms with Crippen molar-refractivity contribution in [3.63, 3.8) is 0 Å². The summed E-state index contributed by atoms with van der Waals surface area (Å²) in [5, 5.41) is 0. The number of ketones is 1. The van der Waals surface area contributed by atoms with Crippen LogP contribution in [-0.4, -0.2) is 15.6 Å². The smallest absolute Gasteiger partial charge is 0.300 e. The van der Waals surface area contributed by atoms with Crippen LogP contribution in [0.5, 0.6) is 0 Å². The van der Waals surface area contributed by atoms with Crippen molar-refractivity contribution < 1.29 is 19.1 Å². The van der Waals surface area contributed by atoms with Crippen LogP contribution in [-0.2, 0) is 9.36 Å². The van der Waals surface area contributed by atoms with Crippen LogP contribution in [0.4, 0.5) is 0 Å². The van der Waals surface area contributed by atoms with Crippen molar-refractivity contribution in [3.05, 3.63) is 12.7 Å². The second kappa shape index (κ2) is 10.4. The van der Waals surface area contributed by atoms with Gasteiger partial charge in [0.25, 0.3) is 0 Å². The molecule has 0 aromatic heterocycles. The van der Waals surface area contributed by atoms with E-state index in [-0.39, 0.29) is 5.78 Å². The van der Waals surface area contributed by atoms with Crippen LogP contribution < -0.4 is 0 Å². The van der Waals surface area contributed by atoms with Gasteiger partial charge in [0.1, 0.15) is 5.78 Å². The van der Waals surface area contributed by atoms with Crippen LogP contribution >= 0.6 is 8.25 Å². The Hall–Kier alpha value is -0.570. The Morgan fingerprint density at radius 2 is 2.00 bits per heavy atom. The molecule has 0 unspecified atom stereocenters. The fourth-order valence-corrected chi connectivity index (χ4v) is 0.495. The van der Waals surface area contributed by atoms with Gasteiger partial charge in [0.2, 0.25) is 0 Å². The summed E-state index contributed by atoms with van der Waals surface area (Å²) in [6.45, 7) is 5.16. The highest BCUT2D eigenvalue weighted by atomic mass is 31.1. The number of allylic oxidation sites excluding steroid dienone is 1. The van der Waals surface area contributed by atoms with Crippen molar-refractivity contribution in [1.29, 1.82) is 0 Å². The second-order valence-corrected chi connectivity index (χ2v) is 2.64. The third kappa shape index (κ3) is 34.1. The standard InChI is InChI=1S/C7H12O.HO3P/c1-3-4-5-6-7(2)8;1-4(2)3/h3H,1,4-6H2,2H3;(H-,1,2,3)/p+1. The van der Waals surface area contributed by atoms with Gasteiger partial charge in [-0.05, 0) is 19.8 Å². The van der Waals surface area contributed by atoms with Crippen molar-refractivity contribution in [2.45, 2.75) is 26.2 Å². The van der Waals surface area contributed by atoms with E-state index in [2.05, 4.69) is 6.58 Å². The maximum absolute atomic E-state index is 10.3. The molecule has 0 saturated carbocycles. The lowest BCUT2D eigenvalue weighted by Crippen LogP contribution is -1.87. The van der Waals surface area contributed by atoms with Gasteiger partial charge in [-0.1, -0.05) is 6.08 Å². The van der Waals surface area contributed by atoms with Crippen LogP contribution in [0.2, 0.25) is 0 Å². The molecule has 0 aromatic rings. The molecule has 2 N–H and O–H groups in total. The van der Waals surface area contributed by atoms with Crippen molar-refractivity contribution >= 4 is 14.0 Å². The summed E-state index contributed by atoms with van der Waals surface area (Å²) in [7, 11) is -2.87. The quantitative estimate of drug-likeness (QED) is 0.403. The summed E-state index contributed by atoms with van der Waals surface area (Å²) in [6.07, 6.45) is 4.45. The highest BCUT2D eigenvalue weighted by molar-refractivity contribution is 7.30. The lowest BCUT2D eigenvalue weighted by Gasteiger charge is -1.88. The number of carbonyl (C=O) groups excluding carboxylic acids is 1. The minimum Gasteiger partial charge on any atom is -0.300 e. The Bertz CT molecular complexity index is 151. The van der Waals surface area contributed by atoms with Crippen molar-refractivity contribution in [3.8, 4) is 0 Å². The van der Waals surface area contributed by atoms with E-state index >= 15 is 0 Å². The first-order chi connectivity index (χ1) is 5.50. The summed E-state index contributed by atoms with van der Waals surface area (Å²) in [5.74, 6) is 0.270. The fraction of sp³-hybridized carbons (Fsp3) is 0.571. The highest BCUT2D eigenvalue weighted by Gasteiger charge is 1.93. The first kappa shape index (κ1) is 14.0. The Morgan fingerprint density at radius 3 is 2.25 bits per heavy atom. The molecule has 70 valence electrons. The number of hydrogen-bond donors (Lipinski definition) is 2. The molecular weight excluding hydrogens is 179 g/mol. The summed E-state index contributed by atoms with van der Waals surface area (Å²) < 4.78 is 8.70. The number of Topliss-reactive ketones (excluding diaryl/α,β-unsaturated/α-hetero) is 1. The minimum absolute atomic E-state index is 0.270. The number of unbranched alkanes of at least 4 members (excludes halogenated alkanes) is 1. The molecule has 0 saturated heterocycles. The van der Waals surface area contributed by atoms with Gasteiger partial charge in [0.15, 0.2) is 0 Å². The maximum atomic E-state index is 10.3. The molecule has 0 rings (SSSR count). The zero-order valence-electron chi connectivity index (χ0n) is 7.06. The third-order valence-electron chi connectivity index (χ3n) is 0.937. The molecule has 0 aromatic carbocycles. The average molecular weight is 193 g/mol. The Balaban J connectivity index is 0. The van der Waals surface area contributed by atoms with Gasteiger partial charge in [0, 0.05) is 11.0 Å². The molecule has 0 fully saturated rings. The Kier molecular flexibility index (Phi) is 12.2. The van der Waals surface area contributed by atoms with Gasteiger partial charge in [-0.2, -0.15) is 0 Å². The predicted octanol–water partition coefficient (Wildman–Crippen LogP) is 1.56. The van der Waals surface area contributed by atoms with Gasteiger partial charge in [-0.15, -0.1) is 16.4 Å². The van der Waals surface area contributed by atoms with Gasteiger partial charge in [0.05, 0.1) is 0 Å². The zero-order chi connectivity index (χ0) is 9.98. The molecule has 0 spiro atoms. The zero-order valence-corrected chi connectivity index (χ0v) is 7.96. The summed E-state index contributed by atoms with van der Waals surface area (Å²) >= 11 is 0. The lowest BCUT2D eigenvalue weighted by atomic mass is 10.2. The molecular formula is C7H14O4P+. The largest absolute Gasteiger partial charge is 0.692 e. The Labute approximate surface area is 72.9 Å². The van der Waals surface area contributed by atoms with E-state index in [4.69, 9.17) is 14.4 Å². The number of carbonyl (C=O) groups is 1. The van der Waals surface area contributed by atoms with Crippen LogP contribution in [0.25, 0.3) is 0 Å². The molecule has 0 aliphatic rings. The molecule has 0 aliphatic heterocycles. The van der Waals surface area contributed by atoms with E-state index in [9.17, 15) is 4.79 Å². The van der Waals surface area contributed by atoms with Crippen molar-refractivity contribution in [1.82, 2.24) is 0 Å². The Morgan fingerprint density at radius 1 is 1.58 bits per heavy atom. The number of rotatable bonds is 4. The molecule has 12 heavy (non-hydrogen) atoms. The summed E-state index contributed by atoms with van der Waals surface area (Å²) in [6, 6.07) is 0. The highest BCUT2D eigenvalue weighted by Crippen LogP contribution is 1.98. The first-order valence-electron chi connectivity index (χ1n) is 3.46. The van der Waals surface area contributed by atoms with E-state index in [1.54, 1.807) is 6.92 Å².